The molecule has 0 saturated heterocycles. The van der Waals surface area contributed by atoms with Gasteiger partial charge in [-0.25, -0.2) is 4.98 Å². The van der Waals surface area contributed by atoms with Gasteiger partial charge in [-0.15, -0.1) is 0 Å². The van der Waals surface area contributed by atoms with Crippen molar-refractivity contribution < 1.29 is 0 Å². The number of fused-ring (bicyclic) bond motifs is 2. The number of benzene rings is 1. The van der Waals surface area contributed by atoms with E-state index in [-0.39, 0.29) is 6.04 Å². The third kappa shape index (κ3) is 2.14. The van der Waals surface area contributed by atoms with Gasteiger partial charge in [0, 0.05) is 17.3 Å². The smallest absolute Gasteiger partial charge is 0.142 e. The first-order valence-electron chi connectivity index (χ1n) is 8.15. The summed E-state index contributed by atoms with van der Waals surface area (Å²) in [5.74, 6) is 0. The summed E-state index contributed by atoms with van der Waals surface area (Å²) in [7, 11) is 0. The lowest BCUT2D eigenvalue weighted by molar-refractivity contribution is 0.499. The van der Waals surface area contributed by atoms with Gasteiger partial charge in [0.15, 0.2) is 0 Å². The van der Waals surface area contributed by atoms with E-state index < -0.39 is 0 Å². The van der Waals surface area contributed by atoms with E-state index >= 15 is 0 Å². The Balaban J connectivity index is 1.99. The second kappa shape index (κ2) is 5.24. The van der Waals surface area contributed by atoms with Crippen molar-refractivity contribution in [3.05, 3.63) is 64.5 Å². The Hall–Kier alpha value is -2.60. The fraction of sp³-hybridized carbons (Fsp3) is 0.300. The van der Waals surface area contributed by atoms with Gasteiger partial charge in [-0.3, -0.25) is 0 Å². The Morgan fingerprint density at radius 3 is 2.91 bits per heavy atom. The molecule has 0 bridgehead atoms. The van der Waals surface area contributed by atoms with Crippen LogP contribution >= 0.6 is 0 Å². The van der Waals surface area contributed by atoms with E-state index in [2.05, 4.69) is 47.9 Å². The minimum Gasteiger partial charge on any atom is -0.324 e. The maximum absolute atomic E-state index is 9.55. The van der Waals surface area contributed by atoms with E-state index in [0.29, 0.717) is 0 Å². The Morgan fingerprint density at radius 2 is 2.09 bits per heavy atom. The fourth-order valence-corrected chi connectivity index (χ4v) is 3.94. The monoisotopic (exact) mass is 301 g/mol. The maximum Gasteiger partial charge on any atom is 0.142 e. The molecule has 3 heteroatoms. The van der Waals surface area contributed by atoms with E-state index in [0.717, 1.165) is 40.7 Å². The summed E-state index contributed by atoms with van der Waals surface area (Å²) in [4.78, 5) is 4.77. The molecule has 0 saturated carbocycles. The third-order valence-electron chi connectivity index (χ3n) is 4.90. The topological polar surface area (TPSA) is 41.6 Å². The Kier molecular flexibility index (Phi) is 3.20. The SMILES string of the molecule is Cc1cc(C)c2c(C#N)cn([C@@H]3CCCc4ccccc43)c2n1. The molecule has 3 aromatic rings. The molecule has 114 valence electrons. The van der Waals surface area contributed by atoms with Gasteiger partial charge in [0.1, 0.15) is 11.7 Å². The molecule has 0 radical (unpaired) electrons. The first-order valence-corrected chi connectivity index (χ1v) is 8.15. The highest BCUT2D eigenvalue weighted by molar-refractivity contribution is 5.87. The molecular formula is C20H19N3. The van der Waals surface area contributed by atoms with Gasteiger partial charge >= 0.3 is 0 Å². The average molecular weight is 301 g/mol. The van der Waals surface area contributed by atoms with Crippen molar-refractivity contribution >= 4 is 11.0 Å². The van der Waals surface area contributed by atoms with E-state index in [9.17, 15) is 5.26 Å². The number of pyridine rings is 1. The number of nitriles is 1. The highest BCUT2D eigenvalue weighted by Crippen LogP contribution is 2.36. The van der Waals surface area contributed by atoms with Crippen molar-refractivity contribution in [3.63, 3.8) is 0 Å². The van der Waals surface area contributed by atoms with Gasteiger partial charge in [-0.2, -0.15) is 5.26 Å². The number of hydrogen-bond donors (Lipinski definition) is 0. The predicted octanol–water partition coefficient (Wildman–Crippen LogP) is 4.45. The van der Waals surface area contributed by atoms with E-state index in [4.69, 9.17) is 4.98 Å². The van der Waals surface area contributed by atoms with Gasteiger partial charge in [-0.1, -0.05) is 24.3 Å². The molecule has 1 aromatic carbocycles. The Morgan fingerprint density at radius 1 is 1.26 bits per heavy atom. The summed E-state index contributed by atoms with van der Waals surface area (Å²) < 4.78 is 2.23. The van der Waals surface area contributed by atoms with E-state index in [1.807, 2.05) is 13.1 Å². The van der Waals surface area contributed by atoms with Gasteiger partial charge in [-0.05, 0) is 55.9 Å². The van der Waals surface area contributed by atoms with Crippen LogP contribution in [0.3, 0.4) is 0 Å². The third-order valence-corrected chi connectivity index (χ3v) is 4.90. The highest BCUT2D eigenvalue weighted by atomic mass is 15.1. The van der Waals surface area contributed by atoms with Gasteiger partial charge < -0.3 is 4.57 Å². The maximum atomic E-state index is 9.55. The first-order chi connectivity index (χ1) is 11.2. The van der Waals surface area contributed by atoms with Crippen LogP contribution in [0.4, 0.5) is 0 Å². The quantitative estimate of drug-likeness (QED) is 0.666. The largest absolute Gasteiger partial charge is 0.324 e. The van der Waals surface area contributed by atoms with Crippen LogP contribution in [0.1, 0.15) is 46.8 Å². The minimum atomic E-state index is 0.276. The van der Waals surface area contributed by atoms with Crippen molar-refractivity contribution in [1.82, 2.24) is 9.55 Å². The highest BCUT2D eigenvalue weighted by Gasteiger charge is 2.24. The van der Waals surface area contributed by atoms with E-state index in [1.165, 1.54) is 17.5 Å². The molecule has 1 atom stereocenters. The van der Waals surface area contributed by atoms with Crippen molar-refractivity contribution in [3.8, 4) is 6.07 Å². The van der Waals surface area contributed by atoms with Gasteiger partial charge in [0.2, 0.25) is 0 Å². The standard InChI is InChI=1S/C20H19N3/c1-13-10-14(2)22-20-19(13)16(11-21)12-23(20)18-9-5-7-15-6-3-4-8-17(15)18/h3-4,6,8,10,12,18H,5,7,9H2,1-2H3/t18-/m1/s1. The zero-order valence-corrected chi connectivity index (χ0v) is 13.5. The molecule has 2 heterocycles. The first kappa shape index (κ1) is 14.0. The Labute approximate surface area is 136 Å². The van der Waals surface area contributed by atoms with Crippen LogP contribution in [0.25, 0.3) is 11.0 Å². The van der Waals surface area contributed by atoms with Crippen molar-refractivity contribution in [1.29, 1.82) is 5.26 Å². The summed E-state index contributed by atoms with van der Waals surface area (Å²) in [6.07, 6.45) is 5.41. The zero-order valence-electron chi connectivity index (χ0n) is 13.5. The molecule has 1 aliphatic carbocycles. The summed E-state index contributed by atoms with van der Waals surface area (Å²) in [6.45, 7) is 4.08. The van der Waals surface area contributed by atoms with E-state index in [1.54, 1.807) is 0 Å². The summed E-state index contributed by atoms with van der Waals surface area (Å²) in [5.41, 5.74) is 6.61. The number of aromatic nitrogens is 2. The molecule has 0 spiro atoms. The lowest BCUT2D eigenvalue weighted by Gasteiger charge is -2.27. The number of hydrogen-bond acceptors (Lipinski definition) is 2. The van der Waals surface area contributed by atoms with Gasteiger partial charge in [0.05, 0.1) is 11.6 Å². The molecule has 23 heavy (non-hydrogen) atoms. The van der Waals surface area contributed by atoms with Crippen LogP contribution in [0.2, 0.25) is 0 Å². The van der Waals surface area contributed by atoms with Crippen LogP contribution in [0.15, 0.2) is 36.5 Å². The number of aryl methyl sites for hydroxylation is 3. The number of nitrogens with zero attached hydrogens (tertiary/aromatic N) is 3. The summed E-state index contributed by atoms with van der Waals surface area (Å²) in [6, 6.07) is 13.4. The molecule has 0 aliphatic heterocycles. The molecule has 3 nitrogen and oxygen atoms in total. The van der Waals surface area contributed by atoms with Crippen LogP contribution in [0.5, 0.6) is 0 Å². The van der Waals surface area contributed by atoms with Crippen LogP contribution < -0.4 is 0 Å². The molecule has 0 unspecified atom stereocenters. The van der Waals surface area contributed by atoms with Crippen LogP contribution in [-0.2, 0) is 6.42 Å². The molecular weight excluding hydrogens is 282 g/mol. The molecule has 1 aliphatic rings. The predicted molar refractivity (Wildman–Crippen MR) is 91.4 cm³/mol. The normalized spacial score (nSPS) is 17.0. The summed E-state index contributed by atoms with van der Waals surface area (Å²) >= 11 is 0. The molecule has 4 rings (SSSR count). The minimum absolute atomic E-state index is 0.276. The number of rotatable bonds is 1. The van der Waals surface area contributed by atoms with Crippen LogP contribution in [-0.4, -0.2) is 9.55 Å². The molecule has 0 N–H and O–H groups in total. The second-order valence-corrected chi connectivity index (χ2v) is 6.45. The van der Waals surface area contributed by atoms with Crippen molar-refractivity contribution in [2.45, 2.75) is 39.2 Å². The molecule has 0 amide bonds. The Bertz CT molecular complexity index is 943. The molecule has 0 fully saturated rings. The molecule has 2 aromatic heterocycles. The zero-order chi connectivity index (χ0) is 16.0. The average Bonchev–Trinajstić information content (AvgIpc) is 2.93. The lowest BCUT2D eigenvalue weighted by Crippen LogP contribution is -2.17. The lowest BCUT2D eigenvalue weighted by atomic mass is 9.87. The van der Waals surface area contributed by atoms with Crippen LogP contribution in [0, 0.1) is 25.2 Å². The van der Waals surface area contributed by atoms with Crippen molar-refractivity contribution in [2.24, 2.45) is 0 Å². The second-order valence-electron chi connectivity index (χ2n) is 6.45. The van der Waals surface area contributed by atoms with Crippen molar-refractivity contribution in [2.75, 3.05) is 0 Å². The fourth-order valence-electron chi connectivity index (χ4n) is 3.94. The van der Waals surface area contributed by atoms with Gasteiger partial charge in [0.25, 0.3) is 0 Å². The summed E-state index contributed by atoms with van der Waals surface area (Å²) in [5, 5.41) is 10.5.